The predicted molar refractivity (Wildman–Crippen MR) is 82.1 cm³/mol. The van der Waals surface area contributed by atoms with Crippen LogP contribution in [0.4, 0.5) is 0 Å². The van der Waals surface area contributed by atoms with Crippen LogP contribution >= 0.6 is 11.3 Å². The maximum absolute atomic E-state index is 11.6. The van der Waals surface area contributed by atoms with E-state index in [9.17, 15) is 9.59 Å². The van der Waals surface area contributed by atoms with Crippen molar-refractivity contribution in [2.75, 3.05) is 13.2 Å². The van der Waals surface area contributed by atoms with Crippen LogP contribution in [0.3, 0.4) is 0 Å². The molecule has 0 fully saturated rings. The number of hydrogen-bond donors (Lipinski definition) is 1. The molecule has 1 aromatic heterocycles. The smallest absolute Gasteiger partial charge is 0.335 e. The molecule has 0 aliphatic carbocycles. The Morgan fingerprint density at radius 3 is 2.76 bits per heavy atom. The van der Waals surface area contributed by atoms with Crippen LogP contribution in [0.15, 0.2) is 24.8 Å². The minimum Gasteiger partial charge on any atom is -0.454 e. The molecule has 6 heteroatoms. The van der Waals surface area contributed by atoms with Crippen LogP contribution in [0.1, 0.15) is 23.6 Å². The van der Waals surface area contributed by atoms with Gasteiger partial charge in [-0.2, -0.15) is 0 Å². The Morgan fingerprint density at radius 1 is 1.43 bits per heavy atom. The molecule has 0 aliphatic heterocycles. The molecule has 0 bridgehead atoms. The summed E-state index contributed by atoms with van der Waals surface area (Å²) in [4.78, 5) is 25.5. The molecule has 1 aromatic rings. The summed E-state index contributed by atoms with van der Waals surface area (Å²) < 4.78 is 9.98. The van der Waals surface area contributed by atoms with Crippen LogP contribution in [0.25, 0.3) is 0 Å². The zero-order chi connectivity index (χ0) is 15.7. The quantitative estimate of drug-likeness (QED) is 0.560. The first kappa shape index (κ1) is 17.4. The van der Waals surface area contributed by atoms with Gasteiger partial charge in [-0.3, -0.25) is 4.79 Å². The maximum atomic E-state index is 11.6. The molecule has 0 spiro atoms. The molecule has 21 heavy (non-hydrogen) atoms. The van der Waals surface area contributed by atoms with Gasteiger partial charge in [0, 0.05) is 9.75 Å². The molecular weight excluding hydrogens is 290 g/mol. The molecule has 0 aromatic carbocycles. The molecule has 116 valence electrons. The number of esters is 1. The molecular formula is C15H21NO4S. The Morgan fingerprint density at radius 2 is 2.14 bits per heavy atom. The first-order valence-electron chi connectivity index (χ1n) is 6.80. The van der Waals surface area contributed by atoms with E-state index in [0.717, 1.165) is 11.3 Å². The van der Waals surface area contributed by atoms with E-state index in [1.807, 2.05) is 12.1 Å². The molecule has 1 N–H and O–H groups in total. The Kier molecular flexibility index (Phi) is 7.71. The summed E-state index contributed by atoms with van der Waals surface area (Å²) in [5.41, 5.74) is 0. The van der Waals surface area contributed by atoms with E-state index in [1.165, 1.54) is 4.88 Å². The van der Waals surface area contributed by atoms with Crippen molar-refractivity contribution >= 4 is 23.2 Å². The summed E-state index contributed by atoms with van der Waals surface area (Å²) >= 11 is 1.66. The summed E-state index contributed by atoms with van der Waals surface area (Å²) in [6, 6.07) is 4.03. The van der Waals surface area contributed by atoms with Crippen molar-refractivity contribution in [3.8, 4) is 0 Å². The number of rotatable bonds is 9. The Labute approximate surface area is 128 Å². The van der Waals surface area contributed by atoms with E-state index < -0.39 is 12.1 Å². The van der Waals surface area contributed by atoms with Crippen molar-refractivity contribution < 1.29 is 19.1 Å². The molecule has 1 heterocycles. The number of carbonyl (C=O) groups is 2. The van der Waals surface area contributed by atoms with Crippen molar-refractivity contribution in [2.45, 2.75) is 32.9 Å². The van der Waals surface area contributed by atoms with Gasteiger partial charge < -0.3 is 14.8 Å². The van der Waals surface area contributed by atoms with Crippen molar-refractivity contribution in [2.24, 2.45) is 0 Å². The number of carbonyl (C=O) groups excluding carboxylic acids is 2. The molecule has 0 saturated heterocycles. The number of thiophene rings is 1. The van der Waals surface area contributed by atoms with E-state index in [1.54, 1.807) is 24.3 Å². The van der Waals surface area contributed by atoms with Gasteiger partial charge in [0.05, 0.1) is 13.2 Å². The van der Waals surface area contributed by atoms with Crippen LogP contribution in [-0.4, -0.2) is 31.2 Å². The van der Waals surface area contributed by atoms with Gasteiger partial charge in [0.1, 0.15) is 0 Å². The van der Waals surface area contributed by atoms with Crippen molar-refractivity contribution in [1.29, 1.82) is 0 Å². The normalized spacial score (nSPS) is 11.7. The summed E-state index contributed by atoms with van der Waals surface area (Å²) in [6.45, 7) is 7.56. The molecule has 0 radical (unpaired) electrons. The third kappa shape index (κ3) is 6.55. The number of hydrogen-bond acceptors (Lipinski definition) is 5. The standard InChI is InChI=1S/C15H21NO4S/c1-4-8-19-11(3)15(18)20-10-14(17)16-9-13-7-6-12(5-2)21-13/h4,6-7,11H,1,5,8-10H2,2-3H3,(H,16,17). The highest BCUT2D eigenvalue weighted by atomic mass is 32.1. The van der Waals surface area contributed by atoms with E-state index in [0.29, 0.717) is 6.54 Å². The zero-order valence-corrected chi connectivity index (χ0v) is 13.2. The van der Waals surface area contributed by atoms with Crippen LogP contribution in [-0.2, 0) is 32.0 Å². The van der Waals surface area contributed by atoms with E-state index in [-0.39, 0.29) is 19.1 Å². The molecule has 1 amide bonds. The summed E-state index contributed by atoms with van der Waals surface area (Å²) in [5.74, 6) is -0.887. The van der Waals surface area contributed by atoms with Gasteiger partial charge in [-0.1, -0.05) is 13.0 Å². The molecule has 0 saturated carbocycles. The number of aryl methyl sites for hydroxylation is 1. The van der Waals surface area contributed by atoms with Crippen LogP contribution in [0.2, 0.25) is 0 Å². The van der Waals surface area contributed by atoms with Gasteiger partial charge in [-0.15, -0.1) is 17.9 Å². The number of ether oxygens (including phenoxy) is 2. The van der Waals surface area contributed by atoms with Crippen LogP contribution in [0, 0.1) is 0 Å². The van der Waals surface area contributed by atoms with Gasteiger partial charge in [-0.25, -0.2) is 4.79 Å². The monoisotopic (exact) mass is 311 g/mol. The molecule has 1 atom stereocenters. The lowest BCUT2D eigenvalue weighted by molar-refractivity contribution is -0.158. The van der Waals surface area contributed by atoms with Gasteiger partial charge in [0.2, 0.25) is 0 Å². The second-order valence-corrected chi connectivity index (χ2v) is 5.62. The molecule has 1 unspecified atom stereocenters. The summed E-state index contributed by atoms with van der Waals surface area (Å²) in [7, 11) is 0. The lowest BCUT2D eigenvalue weighted by Crippen LogP contribution is -2.31. The molecule has 0 aliphatic rings. The van der Waals surface area contributed by atoms with Crippen molar-refractivity contribution in [3.05, 3.63) is 34.5 Å². The highest BCUT2D eigenvalue weighted by molar-refractivity contribution is 7.11. The predicted octanol–water partition coefficient (Wildman–Crippen LogP) is 2.06. The topological polar surface area (TPSA) is 64.6 Å². The maximum Gasteiger partial charge on any atom is 0.335 e. The van der Waals surface area contributed by atoms with Gasteiger partial charge in [0.25, 0.3) is 5.91 Å². The fourth-order valence-corrected chi connectivity index (χ4v) is 2.38. The van der Waals surface area contributed by atoms with Gasteiger partial charge in [-0.05, 0) is 25.5 Å². The number of nitrogens with one attached hydrogen (secondary N) is 1. The third-order valence-corrected chi connectivity index (χ3v) is 3.90. The average Bonchev–Trinajstić information content (AvgIpc) is 2.96. The van der Waals surface area contributed by atoms with E-state index in [4.69, 9.17) is 9.47 Å². The first-order valence-corrected chi connectivity index (χ1v) is 7.61. The zero-order valence-electron chi connectivity index (χ0n) is 12.4. The van der Waals surface area contributed by atoms with Crippen LogP contribution < -0.4 is 5.32 Å². The minimum atomic E-state index is -0.708. The van der Waals surface area contributed by atoms with Crippen molar-refractivity contribution in [1.82, 2.24) is 5.32 Å². The SMILES string of the molecule is C=CCOC(C)C(=O)OCC(=O)NCc1ccc(CC)s1. The second kappa shape index (κ2) is 9.31. The van der Waals surface area contributed by atoms with Crippen LogP contribution in [0.5, 0.6) is 0 Å². The largest absolute Gasteiger partial charge is 0.454 e. The molecule has 1 rings (SSSR count). The van der Waals surface area contributed by atoms with E-state index in [2.05, 4.69) is 18.8 Å². The van der Waals surface area contributed by atoms with Gasteiger partial charge >= 0.3 is 5.97 Å². The highest BCUT2D eigenvalue weighted by Gasteiger charge is 2.15. The Bertz CT molecular complexity index is 484. The Hall–Kier alpha value is -1.66. The highest BCUT2D eigenvalue weighted by Crippen LogP contribution is 2.16. The fourth-order valence-electron chi connectivity index (χ4n) is 1.48. The first-order chi connectivity index (χ1) is 10.1. The third-order valence-electron chi connectivity index (χ3n) is 2.67. The average molecular weight is 311 g/mol. The number of amides is 1. The Balaban J connectivity index is 2.24. The second-order valence-electron chi connectivity index (χ2n) is 4.37. The summed E-state index contributed by atoms with van der Waals surface area (Å²) in [5, 5.41) is 2.71. The minimum absolute atomic E-state index is 0.264. The van der Waals surface area contributed by atoms with Gasteiger partial charge in [0.15, 0.2) is 12.7 Å². The van der Waals surface area contributed by atoms with Crippen molar-refractivity contribution in [3.63, 3.8) is 0 Å². The fraction of sp³-hybridized carbons (Fsp3) is 0.467. The summed E-state index contributed by atoms with van der Waals surface area (Å²) in [6.07, 6.45) is 1.82. The molecule has 5 nitrogen and oxygen atoms in total. The lowest BCUT2D eigenvalue weighted by atomic mass is 10.3. The van der Waals surface area contributed by atoms with E-state index >= 15 is 0 Å². The lowest BCUT2D eigenvalue weighted by Gasteiger charge is -2.11.